The molecule has 0 aliphatic carbocycles. The van der Waals surface area contributed by atoms with Crippen molar-refractivity contribution in [3.8, 4) is 67.9 Å². The van der Waals surface area contributed by atoms with Crippen molar-refractivity contribution in [1.82, 2.24) is 19.9 Å². The van der Waals surface area contributed by atoms with Crippen LogP contribution in [0.5, 0.6) is 0 Å². The highest BCUT2D eigenvalue weighted by atomic mass is 16.4. The smallest absolute Gasteiger partial charge is 0.231 e. The number of benzene rings is 7. The molecule has 244 valence electrons. The first-order valence-corrected chi connectivity index (χ1v) is 17.1. The highest BCUT2D eigenvalue weighted by Crippen LogP contribution is 2.44. The van der Waals surface area contributed by atoms with Crippen LogP contribution in [0, 0.1) is 0 Å². The SMILES string of the molecule is c1ccc(-c2cccc(-c3nc(-c4ccccc4)nc(-c4cccc5c4oc4c(-c6nc7ccccc7o6)ccc(-c6ccccc6)c45)n3)c2)cc1. The minimum absolute atomic E-state index is 0.499. The highest BCUT2D eigenvalue weighted by Gasteiger charge is 2.23. The highest BCUT2D eigenvalue weighted by molar-refractivity contribution is 6.18. The summed E-state index contributed by atoms with van der Waals surface area (Å²) in [5, 5.41) is 1.91. The van der Waals surface area contributed by atoms with Gasteiger partial charge in [0.05, 0.1) is 11.1 Å². The van der Waals surface area contributed by atoms with Gasteiger partial charge in [0, 0.05) is 21.9 Å². The maximum atomic E-state index is 6.95. The van der Waals surface area contributed by atoms with Crippen LogP contribution in [-0.4, -0.2) is 19.9 Å². The predicted octanol–water partition coefficient (Wildman–Crippen LogP) is 11.9. The number of nitrogens with zero attached hydrogens (tertiary/aromatic N) is 4. The Kier molecular flexibility index (Phi) is 7.03. The van der Waals surface area contributed by atoms with E-state index in [1.807, 2.05) is 121 Å². The van der Waals surface area contributed by atoms with Crippen molar-refractivity contribution in [3.63, 3.8) is 0 Å². The van der Waals surface area contributed by atoms with Crippen molar-refractivity contribution in [2.75, 3.05) is 0 Å². The molecular weight excluding hydrogens is 641 g/mol. The third-order valence-electron chi connectivity index (χ3n) is 9.39. The Balaban J connectivity index is 1.22. The molecule has 0 radical (unpaired) electrons. The van der Waals surface area contributed by atoms with Gasteiger partial charge in [-0.1, -0.05) is 140 Å². The molecule has 6 nitrogen and oxygen atoms in total. The quantitative estimate of drug-likeness (QED) is 0.175. The van der Waals surface area contributed by atoms with Gasteiger partial charge >= 0.3 is 0 Å². The fourth-order valence-corrected chi connectivity index (χ4v) is 6.90. The van der Waals surface area contributed by atoms with Gasteiger partial charge in [-0.15, -0.1) is 0 Å². The number of para-hydroxylation sites is 3. The zero-order chi connectivity index (χ0) is 34.4. The van der Waals surface area contributed by atoms with Gasteiger partial charge in [-0.2, -0.15) is 0 Å². The van der Waals surface area contributed by atoms with Crippen molar-refractivity contribution in [2.24, 2.45) is 0 Å². The summed E-state index contributed by atoms with van der Waals surface area (Å²) in [5.74, 6) is 2.17. The number of hydrogen-bond donors (Lipinski definition) is 0. The Labute approximate surface area is 298 Å². The zero-order valence-electron chi connectivity index (χ0n) is 27.8. The molecule has 0 saturated heterocycles. The molecule has 52 heavy (non-hydrogen) atoms. The molecule has 0 unspecified atom stereocenters. The molecular formula is C46H28N4O2. The largest absolute Gasteiger partial charge is 0.454 e. The van der Waals surface area contributed by atoms with E-state index >= 15 is 0 Å². The summed E-state index contributed by atoms with van der Waals surface area (Å²) < 4.78 is 13.2. The summed E-state index contributed by atoms with van der Waals surface area (Å²) in [7, 11) is 0. The van der Waals surface area contributed by atoms with Crippen molar-refractivity contribution >= 4 is 33.0 Å². The summed E-state index contributed by atoms with van der Waals surface area (Å²) in [6.07, 6.45) is 0. The van der Waals surface area contributed by atoms with E-state index in [-0.39, 0.29) is 0 Å². The molecule has 10 aromatic rings. The van der Waals surface area contributed by atoms with Gasteiger partial charge in [-0.3, -0.25) is 0 Å². The molecule has 3 aromatic heterocycles. The lowest BCUT2D eigenvalue weighted by Crippen LogP contribution is -2.00. The van der Waals surface area contributed by atoms with Crippen LogP contribution in [0.4, 0.5) is 0 Å². The lowest BCUT2D eigenvalue weighted by Gasteiger charge is -2.10. The Bertz CT molecular complexity index is 2870. The van der Waals surface area contributed by atoms with Gasteiger partial charge in [0.15, 0.2) is 23.1 Å². The molecule has 0 N–H and O–H groups in total. The Hall–Kier alpha value is -7.18. The van der Waals surface area contributed by atoms with E-state index in [9.17, 15) is 0 Å². The molecule has 10 rings (SSSR count). The number of fused-ring (bicyclic) bond motifs is 4. The second-order valence-electron chi connectivity index (χ2n) is 12.6. The third kappa shape index (κ3) is 5.13. The number of rotatable bonds is 6. The molecule has 0 saturated carbocycles. The summed E-state index contributed by atoms with van der Waals surface area (Å²) in [4.78, 5) is 20.1. The van der Waals surface area contributed by atoms with Crippen LogP contribution in [0.1, 0.15) is 0 Å². The monoisotopic (exact) mass is 668 g/mol. The van der Waals surface area contributed by atoms with E-state index in [1.54, 1.807) is 0 Å². The molecule has 0 amide bonds. The minimum atomic E-state index is 0.499. The average Bonchev–Trinajstić information content (AvgIpc) is 3.84. The molecule has 7 aromatic carbocycles. The standard InChI is InChI=1S/C46H28N4O2/c1-4-14-29(15-5-1)32-20-12-21-33(28-32)44-48-43(31-18-8-3-9-19-31)49-45(50-44)36-23-13-22-35-40-34(30-16-6-2-7-17-30)26-27-37(42(40)52-41(35)36)46-47-38-24-10-11-25-39(38)51-46/h1-28H. The van der Waals surface area contributed by atoms with E-state index < -0.39 is 0 Å². The Morgan fingerprint density at radius 3 is 1.71 bits per heavy atom. The van der Waals surface area contributed by atoms with Crippen molar-refractivity contribution < 1.29 is 8.83 Å². The molecule has 0 bridgehead atoms. The first kappa shape index (κ1) is 29.7. The topological polar surface area (TPSA) is 77.8 Å². The fourth-order valence-electron chi connectivity index (χ4n) is 6.90. The molecule has 0 aliphatic rings. The number of aromatic nitrogens is 4. The van der Waals surface area contributed by atoms with Gasteiger partial charge in [-0.25, -0.2) is 19.9 Å². The second kappa shape index (κ2) is 12.3. The lowest BCUT2D eigenvalue weighted by atomic mass is 9.96. The van der Waals surface area contributed by atoms with Gasteiger partial charge in [0.25, 0.3) is 0 Å². The number of furan rings is 1. The first-order chi connectivity index (χ1) is 25.8. The molecule has 0 atom stereocenters. The summed E-state index contributed by atoms with van der Waals surface area (Å²) in [6.45, 7) is 0. The van der Waals surface area contributed by atoms with Crippen molar-refractivity contribution in [3.05, 3.63) is 170 Å². The van der Waals surface area contributed by atoms with E-state index in [2.05, 4.69) is 48.5 Å². The molecule has 0 fully saturated rings. The first-order valence-electron chi connectivity index (χ1n) is 17.1. The third-order valence-corrected chi connectivity index (χ3v) is 9.39. The van der Waals surface area contributed by atoms with E-state index in [4.69, 9.17) is 28.8 Å². The maximum Gasteiger partial charge on any atom is 0.231 e. The summed E-state index contributed by atoms with van der Waals surface area (Å²) >= 11 is 0. The fraction of sp³-hybridized carbons (Fsp3) is 0. The van der Waals surface area contributed by atoms with Crippen LogP contribution in [0.3, 0.4) is 0 Å². The zero-order valence-corrected chi connectivity index (χ0v) is 27.8. The minimum Gasteiger partial charge on any atom is -0.454 e. The van der Waals surface area contributed by atoms with E-state index in [1.165, 1.54) is 0 Å². The Morgan fingerprint density at radius 1 is 0.346 bits per heavy atom. The average molecular weight is 669 g/mol. The summed E-state index contributed by atoms with van der Waals surface area (Å²) in [5.41, 5.74) is 10.5. The van der Waals surface area contributed by atoms with Gasteiger partial charge in [-0.05, 0) is 52.6 Å². The van der Waals surface area contributed by atoms with E-state index in [0.717, 1.165) is 66.4 Å². The number of hydrogen-bond acceptors (Lipinski definition) is 6. The predicted molar refractivity (Wildman–Crippen MR) is 207 cm³/mol. The van der Waals surface area contributed by atoms with Crippen LogP contribution in [0.25, 0.3) is 101 Å². The molecule has 3 heterocycles. The van der Waals surface area contributed by atoms with Crippen LogP contribution in [0.15, 0.2) is 179 Å². The lowest BCUT2D eigenvalue weighted by molar-refractivity contribution is 0.615. The van der Waals surface area contributed by atoms with Gasteiger partial charge in [0.1, 0.15) is 16.7 Å². The summed E-state index contributed by atoms with van der Waals surface area (Å²) in [6, 6.07) is 57.1. The second-order valence-corrected chi connectivity index (χ2v) is 12.6. The van der Waals surface area contributed by atoms with Crippen molar-refractivity contribution in [2.45, 2.75) is 0 Å². The Morgan fingerprint density at radius 2 is 0.942 bits per heavy atom. The van der Waals surface area contributed by atoms with Crippen LogP contribution < -0.4 is 0 Å². The van der Waals surface area contributed by atoms with Crippen LogP contribution >= 0.6 is 0 Å². The molecule has 6 heteroatoms. The van der Waals surface area contributed by atoms with Crippen molar-refractivity contribution in [1.29, 1.82) is 0 Å². The van der Waals surface area contributed by atoms with Crippen LogP contribution in [-0.2, 0) is 0 Å². The number of oxazole rings is 1. The normalized spacial score (nSPS) is 11.5. The maximum absolute atomic E-state index is 6.95. The van der Waals surface area contributed by atoms with E-state index in [0.29, 0.717) is 34.5 Å². The van der Waals surface area contributed by atoms with Gasteiger partial charge in [0.2, 0.25) is 5.89 Å². The van der Waals surface area contributed by atoms with Crippen LogP contribution in [0.2, 0.25) is 0 Å². The molecule has 0 spiro atoms. The van der Waals surface area contributed by atoms with Gasteiger partial charge < -0.3 is 8.83 Å². The molecule has 0 aliphatic heterocycles.